The Kier molecular flexibility index (Phi) is 6.86. The molecule has 0 atom stereocenters. The van der Waals surface area contributed by atoms with E-state index in [0.717, 1.165) is 44.8 Å². The van der Waals surface area contributed by atoms with Crippen LogP contribution >= 0.6 is 11.6 Å². The molecule has 1 saturated heterocycles. The van der Waals surface area contributed by atoms with Gasteiger partial charge in [-0.25, -0.2) is 0 Å². The van der Waals surface area contributed by atoms with Gasteiger partial charge in [0, 0.05) is 30.2 Å². The first kappa shape index (κ1) is 21.4. The number of halogens is 1. The number of rotatable bonds is 6. The molecule has 0 aliphatic carbocycles. The fourth-order valence-corrected chi connectivity index (χ4v) is 3.68. The maximum absolute atomic E-state index is 12.5. The summed E-state index contributed by atoms with van der Waals surface area (Å²) in [6, 6.07) is 12.1. The van der Waals surface area contributed by atoms with Crippen LogP contribution in [-0.4, -0.2) is 56.1 Å². The van der Waals surface area contributed by atoms with Gasteiger partial charge < -0.3 is 20.1 Å². The fraction of sp³-hybridized carbons (Fsp3) is 0.304. The lowest BCUT2D eigenvalue weighted by Gasteiger charge is -2.26. The highest BCUT2D eigenvalue weighted by Crippen LogP contribution is 2.32. The second-order valence-corrected chi connectivity index (χ2v) is 7.83. The van der Waals surface area contributed by atoms with E-state index < -0.39 is 0 Å². The molecule has 0 radical (unpaired) electrons. The van der Waals surface area contributed by atoms with Gasteiger partial charge in [-0.1, -0.05) is 23.7 Å². The lowest BCUT2D eigenvalue weighted by Crippen LogP contribution is -2.38. The van der Waals surface area contributed by atoms with Crippen molar-refractivity contribution in [1.82, 2.24) is 10.2 Å². The summed E-state index contributed by atoms with van der Waals surface area (Å²) in [5, 5.41) is 6.29. The lowest BCUT2D eigenvalue weighted by atomic mass is 10.1. The van der Waals surface area contributed by atoms with E-state index in [1.165, 1.54) is 0 Å². The Morgan fingerprint density at radius 3 is 2.84 bits per heavy atom. The molecule has 0 saturated carbocycles. The zero-order valence-electron chi connectivity index (χ0n) is 17.0. The van der Waals surface area contributed by atoms with Gasteiger partial charge in [-0.15, -0.1) is 0 Å². The zero-order chi connectivity index (χ0) is 21.6. The number of hydrogen-bond donors (Lipinski definition) is 2. The van der Waals surface area contributed by atoms with Crippen molar-refractivity contribution in [1.29, 1.82) is 0 Å². The third kappa shape index (κ3) is 5.64. The van der Waals surface area contributed by atoms with Gasteiger partial charge in [0.25, 0.3) is 11.8 Å². The molecule has 4 rings (SSSR count). The average Bonchev–Trinajstić information content (AvgIpc) is 2.77. The Balaban J connectivity index is 1.35. The van der Waals surface area contributed by atoms with Crippen LogP contribution in [0, 0.1) is 0 Å². The summed E-state index contributed by atoms with van der Waals surface area (Å²) in [5.41, 5.74) is 1.69. The van der Waals surface area contributed by atoms with Gasteiger partial charge in [0.05, 0.1) is 18.9 Å². The van der Waals surface area contributed by atoms with Crippen molar-refractivity contribution in [3.05, 3.63) is 64.4 Å². The zero-order valence-corrected chi connectivity index (χ0v) is 17.8. The summed E-state index contributed by atoms with van der Waals surface area (Å²) in [5.74, 6) is 0.0849. The summed E-state index contributed by atoms with van der Waals surface area (Å²) >= 11 is 6.00. The van der Waals surface area contributed by atoms with Gasteiger partial charge in [-0.3, -0.25) is 14.5 Å². The number of anilines is 1. The number of nitrogens with one attached hydrogen (secondary N) is 2. The Morgan fingerprint density at radius 2 is 2.03 bits per heavy atom. The molecule has 162 valence electrons. The first-order chi connectivity index (χ1) is 15.1. The predicted molar refractivity (Wildman–Crippen MR) is 119 cm³/mol. The monoisotopic (exact) mass is 441 g/mol. The fourth-order valence-electron chi connectivity index (χ4n) is 3.48. The van der Waals surface area contributed by atoms with Gasteiger partial charge in [-0.05, 0) is 54.9 Å². The van der Waals surface area contributed by atoms with E-state index in [0.29, 0.717) is 28.6 Å². The van der Waals surface area contributed by atoms with E-state index in [-0.39, 0.29) is 17.6 Å². The number of nitrogens with zero attached hydrogens (tertiary/aromatic N) is 1. The molecule has 2 aliphatic heterocycles. The average molecular weight is 442 g/mol. The number of hydrogen-bond acceptors (Lipinski definition) is 5. The standard InChI is InChI=1S/C23H24ClN3O4/c24-18-4-1-3-16(13-18)14-21-23(29)26-19-15-17(5-6-20(19)31-21)22(28)25-7-2-8-27-9-11-30-12-10-27/h1,3-6,13-15H,2,7-12H2,(H,25,28)(H,26,29). The minimum atomic E-state index is -0.379. The summed E-state index contributed by atoms with van der Waals surface area (Å²) < 4.78 is 11.1. The molecule has 2 aliphatic rings. The van der Waals surface area contributed by atoms with Gasteiger partial charge >= 0.3 is 0 Å². The van der Waals surface area contributed by atoms with Crippen LogP contribution in [0.3, 0.4) is 0 Å². The van der Waals surface area contributed by atoms with Crippen LogP contribution in [0.25, 0.3) is 6.08 Å². The topological polar surface area (TPSA) is 79.9 Å². The molecular weight excluding hydrogens is 418 g/mol. The smallest absolute Gasteiger partial charge is 0.291 e. The van der Waals surface area contributed by atoms with Crippen LogP contribution in [0.15, 0.2) is 48.2 Å². The number of amides is 2. The molecule has 2 aromatic rings. The highest BCUT2D eigenvalue weighted by molar-refractivity contribution is 6.30. The molecule has 2 aromatic carbocycles. The maximum Gasteiger partial charge on any atom is 0.291 e. The first-order valence-corrected chi connectivity index (χ1v) is 10.6. The summed E-state index contributed by atoms with van der Waals surface area (Å²) in [4.78, 5) is 27.2. The molecule has 7 nitrogen and oxygen atoms in total. The highest BCUT2D eigenvalue weighted by atomic mass is 35.5. The van der Waals surface area contributed by atoms with Crippen LogP contribution in [0.1, 0.15) is 22.3 Å². The Morgan fingerprint density at radius 1 is 1.19 bits per heavy atom. The Labute approximate surface area is 186 Å². The number of ether oxygens (including phenoxy) is 2. The van der Waals surface area contributed by atoms with Crippen molar-refractivity contribution in [3.63, 3.8) is 0 Å². The minimum absolute atomic E-state index is 0.162. The first-order valence-electron chi connectivity index (χ1n) is 10.3. The number of benzene rings is 2. The molecule has 2 heterocycles. The number of carbonyl (C=O) groups is 2. The molecule has 0 aromatic heterocycles. The van der Waals surface area contributed by atoms with E-state index in [1.54, 1.807) is 42.5 Å². The van der Waals surface area contributed by atoms with Crippen LogP contribution < -0.4 is 15.4 Å². The summed E-state index contributed by atoms with van der Waals surface area (Å²) in [7, 11) is 0. The third-order valence-corrected chi connectivity index (χ3v) is 5.36. The van der Waals surface area contributed by atoms with Crippen LogP contribution in [-0.2, 0) is 9.53 Å². The number of fused-ring (bicyclic) bond motifs is 1. The Hall–Kier alpha value is -2.87. The quantitative estimate of drug-likeness (QED) is 0.531. The van der Waals surface area contributed by atoms with Gasteiger partial charge in [0.2, 0.25) is 0 Å². The van der Waals surface area contributed by atoms with Crippen molar-refractivity contribution in [2.45, 2.75) is 6.42 Å². The van der Waals surface area contributed by atoms with E-state index in [9.17, 15) is 9.59 Å². The largest absolute Gasteiger partial charge is 0.449 e. The highest BCUT2D eigenvalue weighted by Gasteiger charge is 2.23. The third-order valence-electron chi connectivity index (χ3n) is 5.12. The maximum atomic E-state index is 12.5. The molecule has 0 unspecified atom stereocenters. The second-order valence-electron chi connectivity index (χ2n) is 7.39. The van der Waals surface area contributed by atoms with Gasteiger partial charge in [0.1, 0.15) is 0 Å². The summed E-state index contributed by atoms with van der Waals surface area (Å²) in [6.45, 7) is 4.93. The number of carbonyl (C=O) groups excluding carboxylic acids is 2. The normalized spacial score (nSPS) is 17.6. The van der Waals surface area contributed by atoms with Gasteiger partial charge in [0.15, 0.2) is 11.5 Å². The molecule has 0 spiro atoms. The van der Waals surface area contributed by atoms with Crippen molar-refractivity contribution >= 4 is 35.2 Å². The second kappa shape index (κ2) is 9.96. The molecule has 2 amide bonds. The van der Waals surface area contributed by atoms with Crippen LogP contribution in [0.5, 0.6) is 5.75 Å². The van der Waals surface area contributed by atoms with E-state index >= 15 is 0 Å². The molecule has 8 heteroatoms. The van der Waals surface area contributed by atoms with E-state index in [2.05, 4.69) is 15.5 Å². The van der Waals surface area contributed by atoms with Crippen molar-refractivity contribution in [3.8, 4) is 5.75 Å². The molecule has 31 heavy (non-hydrogen) atoms. The van der Waals surface area contributed by atoms with E-state index in [1.807, 2.05) is 6.07 Å². The van der Waals surface area contributed by atoms with Gasteiger partial charge in [-0.2, -0.15) is 0 Å². The lowest BCUT2D eigenvalue weighted by molar-refractivity contribution is -0.115. The minimum Gasteiger partial charge on any atom is -0.449 e. The Bertz CT molecular complexity index is 1000. The van der Waals surface area contributed by atoms with Crippen molar-refractivity contribution in [2.24, 2.45) is 0 Å². The number of morpholine rings is 1. The predicted octanol–water partition coefficient (Wildman–Crippen LogP) is 3.16. The molecule has 0 bridgehead atoms. The van der Waals surface area contributed by atoms with Crippen molar-refractivity contribution < 1.29 is 19.1 Å². The van der Waals surface area contributed by atoms with E-state index in [4.69, 9.17) is 21.1 Å². The molecular formula is C23H24ClN3O4. The van der Waals surface area contributed by atoms with Crippen molar-refractivity contribution in [2.75, 3.05) is 44.7 Å². The SMILES string of the molecule is O=C1Nc2cc(C(=O)NCCCN3CCOCC3)ccc2OC1=Cc1cccc(Cl)c1. The van der Waals surface area contributed by atoms with Crippen LogP contribution in [0.4, 0.5) is 5.69 Å². The molecule has 2 N–H and O–H groups in total. The summed E-state index contributed by atoms with van der Waals surface area (Å²) in [6.07, 6.45) is 2.49. The van der Waals surface area contributed by atoms with Crippen LogP contribution in [0.2, 0.25) is 5.02 Å². The molecule has 1 fully saturated rings.